The van der Waals surface area contributed by atoms with Crippen LogP contribution in [0.2, 0.25) is 18.6 Å². The van der Waals surface area contributed by atoms with Crippen molar-refractivity contribution in [1.82, 2.24) is 0 Å². The van der Waals surface area contributed by atoms with Crippen molar-refractivity contribution in [2.24, 2.45) is 0 Å². The van der Waals surface area contributed by atoms with E-state index in [0.717, 1.165) is 6.04 Å². The molecule has 0 saturated carbocycles. The van der Waals surface area contributed by atoms with Crippen LogP contribution in [0.15, 0.2) is 97.1 Å². The molecule has 2 aliphatic carbocycles. The zero-order valence-corrected chi connectivity index (χ0v) is 23.2. The number of hydrogen-bond acceptors (Lipinski definition) is 0. The predicted molar refractivity (Wildman–Crippen MR) is 152 cm³/mol. The molecule has 0 fully saturated rings. The second kappa shape index (κ2) is 8.39. The van der Waals surface area contributed by atoms with E-state index in [0.29, 0.717) is 17.1 Å². The van der Waals surface area contributed by atoms with Crippen LogP contribution in [0.1, 0.15) is 33.3 Å². The molecule has 0 saturated heterocycles. The fraction of sp³-hybridized carbons (Fsp3) is 0.172. The third-order valence-electron chi connectivity index (χ3n) is 7.93. The minimum absolute atomic E-state index is 0.352. The van der Waals surface area contributed by atoms with Gasteiger partial charge < -0.3 is 0 Å². The van der Waals surface area contributed by atoms with Gasteiger partial charge in [0, 0.05) is 11.1 Å². The molecular weight excluding hydrogens is 511 g/mol. The summed E-state index contributed by atoms with van der Waals surface area (Å²) in [6, 6.07) is 34.8. The molecule has 0 atom stereocenters. The molecule has 0 N–H and O–H groups in total. The molecule has 2 aliphatic rings. The van der Waals surface area contributed by atoms with Gasteiger partial charge in [0.2, 0.25) is 0 Å². The van der Waals surface area contributed by atoms with Gasteiger partial charge in [0.15, 0.2) is 0 Å². The van der Waals surface area contributed by atoms with Crippen molar-refractivity contribution in [3.63, 3.8) is 0 Å². The average Bonchev–Trinajstić information content (AvgIpc) is 3.36. The van der Waals surface area contributed by atoms with Crippen LogP contribution in [0.3, 0.4) is 0 Å². The summed E-state index contributed by atoms with van der Waals surface area (Å²) in [4.78, 5) is 0. The average molecular weight is 536 g/mol. The Hall–Kier alpha value is -1.82. The standard InChI is InChI=1S/C29H25Cl3Si2/c1-33(18-19-34(30,31)32,28-24-14-6-2-10-20(24)21-11-3-7-15-25(21)28)29-26-16-8-4-12-22(26)23-13-5-9-17-27(23)29/h2-17,28-29H,18-19H2,1H3. The topological polar surface area (TPSA) is 0 Å². The molecule has 0 amide bonds. The van der Waals surface area contributed by atoms with Gasteiger partial charge in [-0.2, -0.15) is 0 Å². The molecule has 34 heavy (non-hydrogen) atoms. The number of benzene rings is 4. The van der Waals surface area contributed by atoms with E-state index in [-0.39, 0.29) is 0 Å². The summed E-state index contributed by atoms with van der Waals surface area (Å²) >= 11 is 19.6. The highest BCUT2D eigenvalue weighted by molar-refractivity contribution is 7.64. The lowest BCUT2D eigenvalue weighted by Gasteiger charge is -2.42. The molecule has 4 aromatic carbocycles. The van der Waals surface area contributed by atoms with Crippen LogP contribution in [0.4, 0.5) is 0 Å². The Morgan fingerprint density at radius 1 is 0.500 bits per heavy atom. The van der Waals surface area contributed by atoms with Gasteiger partial charge in [0.05, 0.1) is 8.07 Å². The van der Waals surface area contributed by atoms with Crippen molar-refractivity contribution in [2.75, 3.05) is 0 Å². The van der Waals surface area contributed by atoms with Crippen molar-refractivity contribution in [1.29, 1.82) is 0 Å². The monoisotopic (exact) mass is 534 g/mol. The Bertz CT molecular complexity index is 1210. The third kappa shape index (κ3) is 3.54. The zero-order valence-electron chi connectivity index (χ0n) is 18.9. The fourth-order valence-electron chi connectivity index (χ4n) is 6.60. The minimum Gasteiger partial charge on any atom is -0.126 e. The van der Waals surface area contributed by atoms with Gasteiger partial charge in [0.25, 0.3) is 0 Å². The maximum atomic E-state index is 6.55. The Labute approximate surface area is 217 Å². The maximum Gasteiger partial charge on any atom is 0.341 e. The molecule has 0 aromatic heterocycles. The molecule has 4 aromatic rings. The minimum atomic E-state index is -2.78. The van der Waals surface area contributed by atoms with E-state index >= 15 is 0 Å². The summed E-state index contributed by atoms with van der Waals surface area (Å²) in [7, 11) is -2.22. The zero-order chi connectivity index (χ0) is 23.5. The highest BCUT2D eigenvalue weighted by Gasteiger charge is 2.52. The Balaban J connectivity index is 1.62. The van der Waals surface area contributed by atoms with Crippen molar-refractivity contribution in [2.45, 2.75) is 29.7 Å². The molecular formula is C29H25Cl3Si2. The second-order valence-corrected chi connectivity index (χ2v) is 23.8. The molecule has 0 aliphatic heterocycles. The molecule has 0 spiro atoms. The second-order valence-electron chi connectivity index (χ2n) is 9.84. The molecule has 0 unspecified atom stereocenters. The first-order valence-corrected chi connectivity index (χ1v) is 19.9. The summed E-state index contributed by atoms with van der Waals surface area (Å²) in [6.45, 7) is 2.57. The molecule has 0 radical (unpaired) electrons. The first kappa shape index (κ1) is 22.6. The molecule has 5 heteroatoms. The van der Waals surface area contributed by atoms with Crippen LogP contribution in [0.5, 0.6) is 0 Å². The van der Waals surface area contributed by atoms with E-state index in [1.54, 1.807) is 0 Å². The number of hydrogen-bond donors (Lipinski definition) is 0. The van der Waals surface area contributed by atoms with Crippen LogP contribution < -0.4 is 0 Å². The quantitative estimate of drug-likeness (QED) is 0.176. The van der Waals surface area contributed by atoms with E-state index < -0.39 is 14.1 Å². The first-order valence-electron chi connectivity index (χ1n) is 11.8. The van der Waals surface area contributed by atoms with Crippen molar-refractivity contribution in [3.8, 4) is 22.3 Å². The van der Waals surface area contributed by atoms with E-state index in [1.807, 2.05) is 0 Å². The highest BCUT2D eigenvalue weighted by atomic mass is 35.8. The summed E-state index contributed by atoms with van der Waals surface area (Å²) in [5.41, 5.74) is 12.0. The summed E-state index contributed by atoms with van der Waals surface area (Å²) in [6.07, 6.45) is 0. The van der Waals surface area contributed by atoms with Crippen LogP contribution in [0.25, 0.3) is 22.3 Å². The van der Waals surface area contributed by atoms with Gasteiger partial charge >= 0.3 is 6.00 Å². The Morgan fingerprint density at radius 3 is 1.09 bits per heavy atom. The van der Waals surface area contributed by atoms with Crippen LogP contribution in [-0.2, 0) is 0 Å². The molecule has 0 bridgehead atoms. The van der Waals surface area contributed by atoms with Crippen LogP contribution >= 0.6 is 33.2 Å². The van der Waals surface area contributed by atoms with E-state index in [9.17, 15) is 0 Å². The van der Waals surface area contributed by atoms with Gasteiger partial charge in [-0.05, 0) is 50.6 Å². The van der Waals surface area contributed by atoms with Gasteiger partial charge in [-0.25, -0.2) is 0 Å². The summed E-state index contributed by atoms with van der Waals surface area (Å²) in [5, 5.41) is 0. The fourth-order valence-corrected chi connectivity index (χ4v) is 17.2. The van der Waals surface area contributed by atoms with Crippen LogP contribution in [-0.4, -0.2) is 14.1 Å². The lowest BCUT2D eigenvalue weighted by Crippen LogP contribution is -2.46. The number of rotatable bonds is 5. The SMILES string of the molecule is C[Si](CC[Si](Cl)(Cl)Cl)(C1c2ccccc2-c2ccccc21)C1c2ccccc2-c2ccccc21. The van der Waals surface area contributed by atoms with Gasteiger partial charge in [-0.15, -0.1) is 33.2 Å². The molecule has 6 rings (SSSR count). The van der Waals surface area contributed by atoms with Crippen molar-refractivity contribution >= 4 is 47.3 Å². The van der Waals surface area contributed by atoms with E-state index in [4.69, 9.17) is 33.2 Å². The van der Waals surface area contributed by atoms with Crippen molar-refractivity contribution < 1.29 is 0 Å². The highest BCUT2D eigenvalue weighted by Crippen LogP contribution is 2.59. The lowest BCUT2D eigenvalue weighted by atomic mass is 10.1. The molecule has 0 heterocycles. The van der Waals surface area contributed by atoms with Gasteiger partial charge in [-0.1, -0.05) is 110 Å². The Morgan fingerprint density at radius 2 is 0.794 bits per heavy atom. The third-order valence-corrected chi connectivity index (χ3v) is 16.2. The lowest BCUT2D eigenvalue weighted by molar-refractivity contribution is 0.975. The Kier molecular flexibility index (Phi) is 5.59. The number of fused-ring (bicyclic) bond motifs is 6. The normalized spacial score (nSPS) is 15.1. The van der Waals surface area contributed by atoms with Gasteiger partial charge in [0.1, 0.15) is 0 Å². The summed E-state index contributed by atoms with van der Waals surface area (Å²) in [5.74, 6) is 0. The number of halogens is 3. The van der Waals surface area contributed by atoms with E-state index in [1.165, 1.54) is 44.5 Å². The largest absolute Gasteiger partial charge is 0.341 e. The van der Waals surface area contributed by atoms with Crippen LogP contribution in [0, 0.1) is 0 Å². The smallest absolute Gasteiger partial charge is 0.126 e. The first-order chi connectivity index (χ1) is 16.4. The maximum absolute atomic E-state index is 6.55. The molecule has 170 valence electrons. The molecule has 0 nitrogen and oxygen atoms in total. The summed E-state index contributed by atoms with van der Waals surface area (Å²) < 4.78 is 0. The van der Waals surface area contributed by atoms with Crippen molar-refractivity contribution in [3.05, 3.63) is 119 Å². The van der Waals surface area contributed by atoms with Gasteiger partial charge in [-0.3, -0.25) is 0 Å². The predicted octanol–water partition coefficient (Wildman–Crippen LogP) is 9.42. The van der Waals surface area contributed by atoms with E-state index in [2.05, 4.69) is 104 Å².